The zero-order chi connectivity index (χ0) is 15.0. The molecule has 2 aromatic carbocycles. The Balaban J connectivity index is 1.97. The van der Waals surface area contributed by atoms with Gasteiger partial charge in [-0.1, -0.05) is 35.9 Å². The summed E-state index contributed by atoms with van der Waals surface area (Å²) < 4.78 is 1.64. The maximum Gasteiger partial charge on any atom is 0.267 e. The lowest BCUT2D eigenvalue weighted by atomic mass is 10.2. The number of carbonyl (C=O) groups is 1. The molecule has 3 N–H and O–H groups in total. The van der Waals surface area contributed by atoms with Crippen LogP contribution in [0.3, 0.4) is 0 Å². The van der Waals surface area contributed by atoms with Gasteiger partial charge < -0.3 is 11.1 Å². The van der Waals surface area contributed by atoms with Crippen molar-refractivity contribution in [2.75, 3.05) is 11.1 Å². The summed E-state index contributed by atoms with van der Waals surface area (Å²) in [5.41, 5.74) is 7.19. The van der Waals surface area contributed by atoms with Crippen molar-refractivity contribution in [1.29, 1.82) is 0 Å². The standard InChI is InChI=1S/C15H10BrClN2OS/c16-12-9(17)5-3-6-10(12)19-15(20)14-13(18)8-4-1-2-7-11(8)21-14/h1-7H,18H2,(H,19,20). The molecule has 0 aliphatic heterocycles. The number of hydrogen-bond acceptors (Lipinski definition) is 3. The highest BCUT2D eigenvalue weighted by Crippen LogP contribution is 2.35. The molecule has 0 radical (unpaired) electrons. The number of thiophene rings is 1. The lowest BCUT2D eigenvalue weighted by Gasteiger charge is -2.07. The lowest BCUT2D eigenvalue weighted by molar-refractivity contribution is 0.103. The number of rotatable bonds is 2. The molecule has 3 nitrogen and oxygen atoms in total. The third-order valence-corrected chi connectivity index (χ3v) is 5.62. The molecule has 0 fully saturated rings. The van der Waals surface area contributed by atoms with E-state index in [-0.39, 0.29) is 5.91 Å². The van der Waals surface area contributed by atoms with E-state index >= 15 is 0 Å². The van der Waals surface area contributed by atoms with Gasteiger partial charge in [-0.05, 0) is 34.1 Å². The van der Waals surface area contributed by atoms with Crippen LogP contribution in [-0.2, 0) is 0 Å². The lowest BCUT2D eigenvalue weighted by Crippen LogP contribution is -2.12. The van der Waals surface area contributed by atoms with Crippen molar-refractivity contribution in [2.24, 2.45) is 0 Å². The van der Waals surface area contributed by atoms with E-state index in [0.717, 1.165) is 10.1 Å². The Morgan fingerprint density at radius 2 is 1.95 bits per heavy atom. The van der Waals surface area contributed by atoms with Gasteiger partial charge >= 0.3 is 0 Å². The van der Waals surface area contributed by atoms with Crippen LogP contribution >= 0.6 is 38.9 Å². The first kappa shape index (κ1) is 14.4. The van der Waals surface area contributed by atoms with E-state index in [1.165, 1.54) is 11.3 Å². The Bertz CT molecular complexity index is 847. The third kappa shape index (κ3) is 2.64. The summed E-state index contributed by atoms with van der Waals surface area (Å²) in [7, 11) is 0. The second kappa shape index (κ2) is 5.67. The van der Waals surface area contributed by atoms with Crippen molar-refractivity contribution in [1.82, 2.24) is 0 Å². The first-order chi connectivity index (χ1) is 10.1. The van der Waals surface area contributed by atoms with Crippen molar-refractivity contribution in [2.45, 2.75) is 0 Å². The molecule has 1 heterocycles. The number of benzene rings is 2. The number of nitrogens with two attached hydrogens (primary N) is 1. The van der Waals surface area contributed by atoms with E-state index < -0.39 is 0 Å². The van der Waals surface area contributed by atoms with E-state index in [1.807, 2.05) is 24.3 Å². The Labute approximate surface area is 138 Å². The molecule has 6 heteroatoms. The number of nitrogens with one attached hydrogen (secondary N) is 1. The number of anilines is 2. The van der Waals surface area contributed by atoms with Crippen molar-refractivity contribution < 1.29 is 4.79 Å². The average Bonchev–Trinajstić information content (AvgIpc) is 2.82. The van der Waals surface area contributed by atoms with E-state index in [2.05, 4.69) is 21.2 Å². The zero-order valence-corrected chi connectivity index (χ0v) is 13.8. The van der Waals surface area contributed by atoms with Crippen molar-refractivity contribution in [3.05, 3.63) is 56.8 Å². The van der Waals surface area contributed by atoms with Crippen LogP contribution in [0.25, 0.3) is 10.1 Å². The summed E-state index contributed by atoms with van der Waals surface area (Å²) >= 11 is 10.8. The molecule has 21 heavy (non-hydrogen) atoms. The molecule has 0 saturated heterocycles. The van der Waals surface area contributed by atoms with Crippen LogP contribution in [0.5, 0.6) is 0 Å². The Hall–Kier alpha value is -1.56. The van der Waals surface area contributed by atoms with Gasteiger partial charge in [-0.3, -0.25) is 4.79 Å². The quantitative estimate of drug-likeness (QED) is 0.645. The maximum atomic E-state index is 12.4. The van der Waals surface area contributed by atoms with Crippen molar-refractivity contribution in [3.8, 4) is 0 Å². The van der Waals surface area contributed by atoms with E-state index in [0.29, 0.717) is 25.7 Å². The smallest absolute Gasteiger partial charge is 0.267 e. The van der Waals surface area contributed by atoms with Crippen LogP contribution in [-0.4, -0.2) is 5.91 Å². The van der Waals surface area contributed by atoms with Crippen LogP contribution in [0, 0.1) is 0 Å². The van der Waals surface area contributed by atoms with Crippen molar-refractivity contribution in [3.63, 3.8) is 0 Å². The minimum atomic E-state index is -0.239. The van der Waals surface area contributed by atoms with Gasteiger partial charge in [0.05, 0.1) is 20.9 Å². The Morgan fingerprint density at radius 3 is 2.71 bits per heavy atom. The number of hydrogen-bond donors (Lipinski definition) is 2. The van der Waals surface area contributed by atoms with Gasteiger partial charge in [-0.2, -0.15) is 0 Å². The van der Waals surface area contributed by atoms with Crippen molar-refractivity contribution >= 4 is 66.2 Å². The molecule has 0 unspecified atom stereocenters. The predicted octanol–water partition coefficient (Wildman–Crippen LogP) is 5.15. The van der Waals surface area contributed by atoms with Crippen LogP contribution in [0.1, 0.15) is 9.67 Å². The molecule has 0 aliphatic carbocycles. The SMILES string of the molecule is Nc1c(C(=O)Nc2cccc(Cl)c2Br)sc2ccccc12. The second-order valence-electron chi connectivity index (χ2n) is 4.40. The number of nitrogen functional groups attached to an aromatic ring is 1. The number of halogens is 2. The summed E-state index contributed by atoms with van der Waals surface area (Å²) in [6.45, 7) is 0. The number of fused-ring (bicyclic) bond motifs is 1. The predicted molar refractivity (Wildman–Crippen MR) is 93.3 cm³/mol. The molecule has 3 aromatic rings. The van der Waals surface area contributed by atoms with E-state index in [9.17, 15) is 4.79 Å². The highest BCUT2D eigenvalue weighted by molar-refractivity contribution is 9.10. The van der Waals surface area contributed by atoms with Gasteiger partial charge in [-0.25, -0.2) is 0 Å². The van der Waals surface area contributed by atoms with Gasteiger partial charge in [0.1, 0.15) is 4.88 Å². The van der Waals surface area contributed by atoms with E-state index in [4.69, 9.17) is 17.3 Å². The molecule has 1 aromatic heterocycles. The Kier molecular flexibility index (Phi) is 3.89. The fraction of sp³-hybridized carbons (Fsp3) is 0. The third-order valence-electron chi connectivity index (χ3n) is 3.04. The highest BCUT2D eigenvalue weighted by Gasteiger charge is 2.17. The minimum Gasteiger partial charge on any atom is -0.397 e. The van der Waals surface area contributed by atoms with Gasteiger partial charge in [0.15, 0.2) is 0 Å². The molecule has 0 spiro atoms. The highest BCUT2D eigenvalue weighted by atomic mass is 79.9. The molecule has 0 atom stereocenters. The maximum absolute atomic E-state index is 12.4. The van der Waals surface area contributed by atoms with Gasteiger partial charge in [0, 0.05) is 10.1 Å². The number of amides is 1. The van der Waals surface area contributed by atoms with Gasteiger partial charge in [0.25, 0.3) is 5.91 Å². The van der Waals surface area contributed by atoms with Crippen LogP contribution < -0.4 is 11.1 Å². The molecule has 3 rings (SSSR count). The summed E-state index contributed by atoms with van der Waals surface area (Å²) in [6, 6.07) is 13.0. The largest absolute Gasteiger partial charge is 0.397 e. The number of carbonyl (C=O) groups excluding carboxylic acids is 1. The van der Waals surface area contributed by atoms with E-state index in [1.54, 1.807) is 18.2 Å². The summed E-state index contributed by atoms with van der Waals surface area (Å²) in [5.74, 6) is -0.239. The first-order valence-electron chi connectivity index (χ1n) is 6.10. The first-order valence-corrected chi connectivity index (χ1v) is 8.09. The minimum absolute atomic E-state index is 0.239. The van der Waals surface area contributed by atoms with Gasteiger partial charge in [-0.15, -0.1) is 11.3 Å². The van der Waals surface area contributed by atoms with Crippen LogP contribution in [0.4, 0.5) is 11.4 Å². The second-order valence-corrected chi connectivity index (χ2v) is 6.65. The summed E-state index contributed by atoms with van der Waals surface area (Å²) in [6.07, 6.45) is 0. The Morgan fingerprint density at radius 1 is 1.19 bits per heavy atom. The zero-order valence-electron chi connectivity index (χ0n) is 10.7. The summed E-state index contributed by atoms with van der Waals surface area (Å²) in [5, 5.41) is 4.27. The normalized spacial score (nSPS) is 10.8. The molecule has 0 aliphatic rings. The van der Waals surface area contributed by atoms with Crippen LogP contribution in [0.2, 0.25) is 5.02 Å². The summed E-state index contributed by atoms with van der Waals surface area (Å²) in [4.78, 5) is 12.9. The van der Waals surface area contributed by atoms with Gasteiger partial charge in [0.2, 0.25) is 0 Å². The molecule has 1 amide bonds. The molecule has 0 saturated carbocycles. The average molecular weight is 382 g/mol. The van der Waals surface area contributed by atoms with Crippen LogP contribution in [0.15, 0.2) is 46.9 Å². The molecule has 106 valence electrons. The monoisotopic (exact) mass is 380 g/mol. The molecular weight excluding hydrogens is 372 g/mol. The molecular formula is C15H10BrClN2OS. The topological polar surface area (TPSA) is 55.1 Å². The molecule has 0 bridgehead atoms. The fourth-order valence-electron chi connectivity index (χ4n) is 2.01. The fourth-order valence-corrected chi connectivity index (χ4v) is 3.57.